The van der Waals surface area contributed by atoms with Crippen LogP contribution in [0.3, 0.4) is 0 Å². The van der Waals surface area contributed by atoms with Crippen LogP contribution in [-0.4, -0.2) is 84.7 Å². The van der Waals surface area contributed by atoms with Crippen molar-refractivity contribution in [1.29, 1.82) is 0 Å². The lowest BCUT2D eigenvalue weighted by atomic mass is 10.00. The number of rotatable bonds is 7. The van der Waals surface area contributed by atoms with Crippen LogP contribution in [0.1, 0.15) is 34.6 Å². The van der Waals surface area contributed by atoms with Gasteiger partial charge in [-0.2, -0.15) is 5.10 Å². The first kappa shape index (κ1) is 24.3. The number of carbonyl (C=O) groups is 2. The number of pyridine rings is 1. The van der Waals surface area contributed by atoms with E-state index in [9.17, 15) is 14.7 Å². The highest BCUT2D eigenvalue weighted by atomic mass is 16.3. The number of imidazole rings is 1. The van der Waals surface area contributed by atoms with Crippen LogP contribution in [0.2, 0.25) is 0 Å². The maximum atomic E-state index is 12.8. The molecular weight excluding hydrogens is 482 g/mol. The van der Waals surface area contributed by atoms with Crippen LogP contribution >= 0.6 is 0 Å². The molecule has 3 aromatic heterocycles. The Morgan fingerprint density at radius 1 is 1.08 bits per heavy atom. The van der Waals surface area contributed by atoms with E-state index in [1.165, 1.54) is 11.1 Å². The highest BCUT2D eigenvalue weighted by molar-refractivity contribution is 5.93. The first-order valence-electron chi connectivity index (χ1n) is 13.0. The number of nitrogens with zero attached hydrogens (tertiary/aromatic N) is 6. The summed E-state index contributed by atoms with van der Waals surface area (Å²) in [5.41, 5.74) is 5.54. The molecule has 1 fully saturated rings. The zero-order valence-corrected chi connectivity index (χ0v) is 21.3. The molecule has 1 saturated heterocycles. The van der Waals surface area contributed by atoms with Crippen LogP contribution in [0.25, 0.3) is 16.8 Å². The number of hydrogen-bond donors (Lipinski definition) is 2. The number of amides is 2. The normalized spacial score (nSPS) is 16.7. The maximum Gasteiger partial charge on any atom is 0.271 e. The van der Waals surface area contributed by atoms with E-state index in [1.807, 2.05) is 45.9 Å². The summed E-state index contributed by atoms with van der Waals surface area (Å²) in [6, 6.07) is 12.4. The van der Waals surface area contributed by atoms with Crippen molar-refractivity contribution in [2.24, 2.45) is 0 Å². The Balaban J connectivity index is 1.05. The van der Waals surface area contributed by atoms with E-state index in [1.54, 1.807) is 18.0 Å². The first-order chi connectivity index (χ1) is 18.4. The van der Waals surface area contributed by atoms with Crippen molar-refractivity contribution >= 4 is 17.5 Å². The zero-order valence-electron chi connectivity index (χ0n) is 21.3. The molecule has 0 spiro atoms. The summed E-state index contributed by atoms with van der Waals surface area (Å²) in [4.78, 5) is 32.7. The summed E-state index contributed by atoms with van der Waals surface area (Å²) in [7, 11) is 0. The Hall–Kier alpha value is -4.02. The predicted octanol–water partition coefficient (Wildman–Crippen LogP) is 1.75. The van der Waals surface area contributed by atoms with Gasteiger partial charge in [-0.3, -0.25) is 19.2 Å². The van der Waals surface area contributed by atoms with Crippen molar-refractivity contribution in [2.75, 3.05) is 32.7 Å². The van der Waals surface area contributed by atoms with Gasteiger partial charge >= 0.3 is 0 Å². The average Bonchev–Trinajstić information content (AvgIpc) is 3.53. The Labute approximate surface area is 220 Å². The second-order valence-electron chi connectivity index (χ2n) is 10.2. The third-order valence-electron chi connectivity index (χ3n) is 7.48. The SMILES string of the molecule is CC(=O)N1CC(n2cc(-c3ccc4nc(C(=O)NC[C@H](O)CN5CCc6ccccc6C5)cn4c3)cn2)C1. The Kier molecular flexibility index (Phi) is 6.42. The van der Waals surface area contributed by atoms with Crippen molar-refractivity contribution in [3.63, 3.8) is 0 Å². The van der Waals surface area contributed by atoms with Gasteiger partial charge in [-0.05, 0) is 29.7 Å². The van der Waals surface area contributed by atoms with Crippen LogP contribution in [-0.2, 0) is 17.8 Å². The van der Waals surface area contributed by atoms with Crippen LogP contribution in [0, 0.1) is 0 Å². The maximum absolute atomic E-state index is 12.8. The van der Waals surface area contributed by atoms with Gasteiger partial charge in [0.15, 0.2) is 0 Å². The van der Waals surface area contributed by atoms with Crippen molar-refractivity contribution in [2.45, 2.75) is 32.0 Å². The van der Waals surface area contributed by atoms with E-state index in [0.717, 1.165) is 30.6 Å². The molecular formula is C28H31N7O3. The average molecular weight is 514 g/mol. The number of carbonyl (C=O) groups excluding carboxylic acids is 2. The number of hydrogen-bond acceptors (Lipinski definition) is 6. The largest absolute Gasteiger partial charge is 0.390 e. The molecule has 2 aliphatic heterocycles. The predicted molar refractivity (Wildman–Crippen MR) is 141 cm³/mol. The summed E-state index contributed by atoms with van der Waals surface area (Å²) in [6.07, 6.45) is 7.72. The molecule has 38 heavy (non-hydrogen) atoms. The van der Waals surface area contributed by atoms with Gasteiger partial charge in [-0.1, -0.05) is 24.3 Å². The van der Waals surface area contributed by atoms with Crippen molar-refractivity contribution in [1.82, 2.24) is 34.3 Å². The second kappa shape index (κ2) is 10.0. The van der Waals surface area contributed by atoms with Crippen LogP contribution in [0.5, 0.6) is 0 Å². The number of likely N-dealkylation sites (tertiary alicyclic amines) is 1. The summed E-state index contributed by atoms with van der Waals surface area (Å²) < 4.78 is 3.73. The number of nitrogens with one attached hydrogen (secondary N) is 1. The molecule has 0 aliphatic carbocycles. The van der Waals surface area contributed by atoms with E-state index in [2.05, 4.69) is 38.5 Å². The first-order valence-corrected chi connectivity index (χ1v) is 13.0. The number of aliphatic hydroxyl groups excluding tert-OH is 1. The summed E-state index contributed by atoms with van der Waals surface area (Å²) in [5.74, 6) is -0.229. The Bertz CT molecular complexity index is 1490. The minimum Gasteiger partial charge on any atom is -0.390 e. The van der Waals surface area contributed by atoms with Crippen molar-refractivity contribution in [3.05, 3.63) is 78.0 Å². The molecule has 10 nitrogen and oxygen atoms in total. The summed E-state index contributed by atoms with van der Waals surface area (Å²) in [6.45, 7) is 5.31. The Morgan fingerprint density at radius 2 is 1.89 bits per heavy atom. The lowest BCUT2D eigenvalue weighted by molar-refractivity contribution is -0.134. The van der Waals surface area contributed by atoms with E-state index >= 15 is 0 Å². The fraction of sp³-hybridized carbons (Fsp3) is 0.357. The molecule has 10 heteroatoms. The van der Waals surface area contributed by atoms with E-state index in [4.69, 9.17) is 0 Å². The fourth-order valence-corrected chi connectivity index (χ4v) is 5.21. The van der Waals surface area contributed by atoms with E-state index in [0.29, 0.717) is 31.0 Å². The minimum absolute atomic E-state index is 0.0849. The van der Waals surface area contributed by atoms with Gasteiger partial charge in [0.25, 0.3) is 5.91 Å². The third kappa shape index (κ3) is 4.92. The smallest absolute Gasteiger partial charge is 0.271 e. The molecule has 0 unspecified atom stereocenters. The molecule has 0 bridgehead atoms. The third-order valence-corrected chi connectivity index (χ3v) is 7.48. The fourth-order valence-electron chi connectivity index (χ4n) is 5.21. The van der Waals surface area contributed by atoms with Crippen LogP contribution in [0.15, 0.2) is 61.2 Å². The van der Waals surface area contributed by atoms with E-state index in [-0.39, 0.29) is 24.4 Å². The molecule has 0 saturated carbocycles. The standard InChI is InChI=1S/C28H31N7O3/c1-19(36)33-15-24(16-33)35-14-23(10-30-35)22-6-7-27-31-26(18-34(27)13-22)28(38)29-11-25(37)17-32-9-8-20-4-2-3-5-21(20)12-32/h2-7,10,13-14,18,24-25,37H,8-9,11-12,15-17H2,1H3,(H,29,38)/t25-/m0/s1. The lowest BCUT2D eigenvalue weighted by Crippen LogP contribution is -2.49. The molecule has 5 heterocycles. The molecule has 1 aromatic carbocycles. The van der Waals surface area contributed by atoms with E-state index < -0.39 is 6.10 Å². The number of aliphatic hydroxyl groups is 1. The number of fused-ring (bicyclic) bond motifs is 2. The lowest BCUT2D eigenvalue weighted by Gasteiger charge is -2.38. The minimum atomic E-state index is -0.664. The van der Waals surface area contributed by atoms with Gasteiger partial charge < -0.3 is 19.7 Å². The van der Waals surface area contributed by atoms with Gasteiger partial charge in [0, 0.05) is 75.9 Å². The second-order valence-corrected chi connectivity index (χ2v) is 10.2. The molecule has 0 radical (unpaired) electrons. The van der Waals surface area contributed by atoms with Gasteiger partial charge in [-0.25, -0.2) is 4.98 Å². The topological polar surface area (TPSA) is 108 Å². The molecule has 1 atom stereocenters. The summed E-state index contributed by atoms with van der Waals surface area (Å²) in [5, 5.41) is 17.8. The molecule has 6 rings (SSSR count). The molecule has 2 amide bonds. The Morgan fingerprint density at radius 3 is 2.71 bits per heavy atom. The molecule has 2 N–H and O–H groups in total. The monoisotopic (exact) mass is 513 g/mol. The molecule has 2 aliphatic rings. The van der Waals surface area contributed by atoms with Gasteiger partial charge in [0.2, 0.25) is 5.91 Å². The number of β-amino-alcohol motifs (C(OH)–C–C–N with tert-alkyl or cyclic N) is 1. The highest BCUT2D eigenvalue weighted by Crippen LogP contribution is 2.25. The van der Waals surface area contributed by atoms with Crippen molar-refractivity contribution in [3.8, 4) is 11.1 Å². The van der Waals surface area contributed by atoms with Crippen LogP contribution in [0.4, 0.5) is 0 Å². The zero-order chi connectivity index (χ0) is 26.2. The van der Waals surface area contributed by atoms with Gasteiger partial charge in [-0.15, -0.1) is 0 Å². The number of aromatic nitrogens is 4. The summed E-state index contributed by atoms with van der Waals surface area (Å²) >= 11 is 0. The van der Waals surface area contributed by atoms with Crippen LogP contribution < -0.4 is 5.32 Å². The quantitative estimate of drug-likeness (QED) is 0.390. The highest BCUT2D eigenvalue weighted by Gasteiger charge is 2.30. The van der Waals surface area contributed by atoms with Crippen molar-refractivity contribution < 1.29 is 14.7 Å². The molecule has 4 aromatic rings. The number of benzene rings is 1. The van der Waals surface area contributed by atoms with Gasteiger partial charge in [0.1, 0.15) is 11.3 Å². The molecule has 196 valence electrons. The van der Waals surface area contributed by atoms with Gasteiger partial charge in [0.05, 0.1) is 18.3 Å².